The van der Waals surface area contributed by atoms with E-state index in [1.54, 1.807) is 0 Å². The maximum Gasteiger partial charge on any atom is 0.330 e. The Kier molecular flexibility index (Phi) is 8.01. The van der Waals surface area contributed by atoms with Gasteiger partial charge in [0.25, 0.3) is 8.32 Å². The third kappa shape index (κ3) is 5.81. The van der Waals surface area contributed by atoms with Crippen LogP contribution in [0.15, 0.2) is 103 Å². The van der Waals surface area contributed by atoms with Crippen molar-refractivity contribution in [2.75, 3.05) is 13.2 Å². The Labute approximate surface area is 209 Å². The van der Waals surface area contributed by atoms with Gasteiger partial charge < -0.3 is 13.9 Å². The summed E-state index contributed by atoms with van der Waals surface area (Å²) in [6, 6.07) is 31.1. The van der Waals surface area contributed by atoms with E-state index in [0.717, 1.165) is 5.56 Å². The van der Waals surface area contributed by atoms with Crippen LogP contribution in [0.5, 0.6) is 0 Å². The first-order valence-corrected chi connectivity index (χ1v) is 14.1. The minimum absolute atomic E-state index is 0.0925. The molecule has 0 spiro atoms. The van der Waals surface area contributed by atoms with Crippen molar-refractivity contribution in [3.05, 3.63) is 109 Å². The highest BCUT2D eigenvalue weighted by atomic mass is 28.4. The van der Waals surface area contributed by atoms with Gasteiger partial charge in [-0.15, -0.1) is 0 Å². The summed E-state index contributed by atoms with van der Waals surface area (Å²) in [5.41, 5.74) is 1.09. The summed E-state index contributed by atoms with van der Waals surface area (Å²) in [5, 5.41) is 2.34. The Morgan fingerprint density at radius 1 is 0.800 bits per heavy atom. The molecule has 35 heavy (non-hydrogen) atoms. The summed E-state index contributed by atoms with van der Waals surface area (Å²) in [6.45, 7) is 8.01. The number of carbonyl (C=O) groups excluding carboxylic acids is 1. The van der Waals surface area contributed by atoms with Crippen molar-refractivity contribution in [3.8, 4) is 0 Å². The van der Waals surface area contributed by atoms with Crippen LogP contribution in [-0.2, 0) is 25.3 Å². The summed E-state index contributed by atoms with van der Waals surface area (Å²) in [4.78, 5) is 12.1. The SMILES string of the molecule is CC(C)(C)[Si](OC[C@H]1C=CC(=O)O[C@@H]1COCc1ccccc1)(c1ccccc1)c1ccccc1. The van der Waals surface area contributed by atoms with Crippen LogP contribution >= 0.6 is 0 Å². The lowest BCUT2D eigenvalue weighted by Crippen LogP contribution is -2.67. The van der Waals surface area contributed by atoms with Gasteiger partial charge in [0, 0.05) is 18.6 Å². The minimum atomic E-state index is -2.68. The first-order valence-electron chi connectivity index (χ1n) is 12.2. The number of cyclic esters (lactones) is 1. The number of hydrogen-bond donors (Lipinski definition) is 0. The van der Waals surface area contributed by atoms with Crippen LogP contribution in [0, 0.1) is 5.92 Å². The zero-order valence-electron chi connectivity index (χ0n) is 20.7. The minimum Gasteiger partial charge on any atom is -0.456 e. The molecule has 1 aliphatic heterocycles. The fraction of sp³-hybridized carbons (Fsp3) is 0.300. The average Bonchev–Trinajstić information content (AvgIpc) is 2.87. The maximum absolute atomic E-state index is 12.1. The van der Waals surface area contributed by atoms with Crippen LogP contribution < -0.4 is 10.4 Å². The summed E-state index contributed by atoms with van der Waals surface area (Å²) in [6.07, 6.45) is 3.03. The fourth-order valence-corrected chi connectivity index (χ4v) is 9.37. The second kappa shape index (κ2) is 11.2. The largest absolute Gasteiger partial charge is 0.456 e. The lowest BCUT2D eigenvalue weighted by molar-refractivity contribution is -0.151. The topological polar surface area (TPSA) is 44.8 Å². The highest BCUT2D eigenvalue weighted by Gasteiger charge is 2.50. The molecule has 4 rings (SSSR count). The lowest BCUT2D eigenvalue weighted by atomic mass is 10.0. The van der Waals surface area contributed by atoms with Gasteiger partial charge in [0.05, 0.1) is 13.2 Å². The molecule has 0 bridgehead atoms. The van der Waals surface area contributed by atoms with Crippen LogP contribution in [0.25, 0.3) is 0 Å². The molecule has 5 heteroatoms. The second-order valence-electron chi connectivity index (χ2n) is 9.97. The molecule has 0 aromatic heterocycles. The first-order chi connectivity index (χ1) is 16.9. The highest BCUT2D eigenvalue weighted by molar-refractivity contribution is 6.99. The molecule has 182 valence electrons. The molecule has 0 aliphatic carbocycles. The van der Waals surface area contributed by atoms with E-state index in [4.69, 9.17) is 13.9 Å². The Morgan fingerprint density at radius 3 is 1.89 bits per heavy atom. The third-order valence-corrected chi connectivity index (χ3v) is 11.5. The van der Waals surface area contributed by atoms with Gasteiger partial charge in [-0.2, -0.15) is 0 Å². The number of hydrogen-bond acceptors (Lipinski definition) is 4. The molecule has 4 nitrogen and oxygen atoms in total. The van der Waals surface area contributed by atoms with Gasteiger partial charge in [0.15, 0.2) is 0 Å². The predicted molar refractivity (Wildman–Crippen MR) is 142 cm³/mol. The van der Waals surface area contributed by atoms with Gasteiger partial charge in [-0.1, -0.05) is 118 Å². The number of benzene rings is 3. The number of ether oxygens (including phenoxy) is 2. The van der Waals surface area contributed by atoms with Crippen molar-refractivity contribution in [3.63, 3.8) is 0 Å². The van der Waals surface area contributed by atoms with Crippen LogP contribution in [0.4, 0.5) is 0 Å². The van der Waals surface area contributed by atoms with E-state index >= 15 is 0 Å². The Hall–Kier alpha value is -2.99. The normalized spacial score (nSPS) is 18.3. The predicted octanol–water partition coefficient (Wildman–Crippen LogP) is 4.88. The molecular weight excluding hydrogens is 452 g/mol. The number of esters is 1. The molecule has 0 amide bonds. The lowest BCUT2D eigenvalue weighted by Gasteiger charge is -2.44. The summed E-state index contributed by atoms with van der Waals surface area (Å²) in [5.74, 6) is -0.426. The molecule has 2 atom stereocenters. The molecule has 3 aromatic rings. The van der Waals surface area contributed by atoms with E-state index in [1.165, 1.54) is 16.4 Å². The maximum atomic E-state index is 12.1. The van der Waals surface area contributed by atoms with Crippen LogP contribution in [0.2, 0.25) is 5.04 Å². The van der Waals surface area contributed by atoms with E-state index < -0.39 is 14.4 Å². The monoisotopic (exact) mass is 486 g/mol. The van der Waals surface area contributed by atoms with E-state index in [9.17, 15) is 4.79 Å². The van der Waals surface area contributed by atoms with Crippen molar-refractivity contribution in [1.29, 1.82) is 0 Å². The van der Waals surface area contributed by atoms with Crippen molar-refractivity contribution in [2.45, 2.75) is 38.5 Å². The highest BCUT2D eigenvalue weighted by Crippen LogP contribution is 2.37. The van der Waals surface area contributed by atoms with E-state index in [-0.39, 0.29) is 16.9 Å². The molecule has 1 aliphatic rings. The van der Waals surface area contributed by atoms with Crippen LogP contribution in [0.1, 0.15) is 26.3 Å². The van der Waals surface area contributed by atoms with Gasteiger partial charge in [-0.05, 0) is 21.0 Å². The van der Waals surface area contributed by atoms with Gasteiger partial charge in [-0.3, -0.25) is 0 Å². The summed E-state index contributed by atoms with van der Waals surface area (Å²) >= 11 is 0. The Bertz CT molecular complexity index is 1070. The Morgan fingerprint density at radius 2 is 1.34 bits per heavy atom. The molecular formula is C30H34O4Si. The molecule has 0 radical (unpaired) electrons. The van der Waals surface area contributed by atoms with Crippen molar-refractivity contribution in [2.24, 2.45) is 5.92 Å². The Balaban J connectivity index is 1.58. The molecule has 0 N–H and O–H groups in total. The summed E-state index contributed by atoms with van der Waals surface area (Å²) in [7, 11) is -2.68. The molecule has 0 saturated carbocycles. The smallest absolute Gasteiger partial charge is 0.330 e. The quantitative estimate of drug-likeness (QED) is 0.320. The number of carbonyl (C=O) groups is 1. The van der Waals surface area contributed by atoms with Crippen LogP contribution in [-0.4, -0.2) is 33.6 Å². The van der Waals surface area contributed by atoms with Crippen molar-refractivity contribution < 1.29 is 18.7 Å². The number of rotatable bonds is 9. The molecule has 0 saturated heterocycles. The molecule has 0 fully saturated rings. The van der Waals surface area contributed by atoms with Gasteiger partial charge in [0.2, 0.25) is 0 Å². The van der Waals surface area contributed by atoms with E-state index in [2.05, 4.69) is 69.3 Å². The fourth-order valence-electron chi connectivity index (χ4n) is 4.77. The molecule has 1 heterocycles. The molecule has 0 unspecified atom stereocenters. The van der Waals surface area contributed by atoms with Crippen molar-refractivity contribution >= 4 is 24.7 Å². The standard InChI is InChI=1S/C30H34O4Si/c1-30(2,3)35(26-15-9-5-10-16-26,27-17-11-6-12-18-27)33-22-25-19-20-29(31)34-28(25)23-32-21-24-13-7-4-8-14-24/h4-20,25,28H,21-23H2,1-3H3/t25-,28-/m1/s1. The van der Waals surface area contributed by atoms with Gasteiger partial charge >= 0.3 is 5.97 Å². The molecule has 3 aromatic carbocycles. The van der Waals surface area contributed by atoms with Crippen LogP contribution in [0.3, 0.4) is 0 Å². The van der Waals surface area contributed by atoms with E-state index in [0.29, 0.717) is 19.8 Å². The van der Waals surface area contributed by atoms with E-state index in [1.807, 2.05) is 48.5 Å². The van der Waals surface area contributed by atoms with Crippen molar-refractivity contribution in [1.82, 2.24) is 0 Å². The zero-order chi connectivity index (χ0) is 24.7. The van der Waals surface area contributed by atoms with Gasteiger partial charge in [0.1, 0.15) is 6.10 Å². The third-order valence-electron chi connectivity index (χ3n) is 6.53. The second-order valence-corrected chi connectivity index (χ2v) is 14.3. The first kappa shape index (κ1) is 25.1. The zero-order valence-corrected chi connectivity index (χ0v) is 21.7. The summed E-state index contributed by atoms with van der Waals surface area (Å²) < 4.78 is 18.7. The average molecular weight is 487 g/mol. The van der Waals surface area contributed by atoms with Gasteiger partial charge in [-0.25, -0.2) is 4.79 Å².